The molecule has 150 valence electrons. The van der Waals surface area contributed by atoms with Crippen molar-refractivity contribution in [1.82, 2.24) is 10.2 Å². The predicted molar refractivity (Wildman–Crippen MR) is 108 cm³/mol. The van der Waals surface area contributed by atoms with Crippen LogP contribution in [-0.2, 0) is 16.1 Å². The van der Waals surface area contributed by atoms with E-state index in [2.05, 4.69) is 5.32 Å². The van der Waals surface area contributed by atoms with Crippen LogP contribution in [0.15, 0.2) is 48.2 Å². The first-order chi connectivity index (χ1) is 14.0. The van der Waals surface area contributed by atoms with Crippen LogP contribution in [0.5, 0.6) is 0 Å². The third kappa shape index (κ3) is 4.11. The highest BCUT2D eigenvalue weighted by Gasteiger charge is 2.33. The third-order valence-electron chi connectivity index (χ3n) is 4.88. The average Bonchev–Trinajstić information content (AvgIpc) is 2.98. The quantitative estimate of drug-likeness (QED) is 0.614. The number of morpholine rings is 1. The van der Waals surface area contributed by atoms with Gasteiger partial charge in [-0.25, -0.2) is 9.18 Å². The van der Waals surface area contributed by atoms with Gasteiger partial charge in [-0.2, -0.15) is 0 Å². The second kappa shape index (κ2) is 8.23. The van der Waals surface area contributed by atoms with Gasteiger partial charge in [0.2, 0.25) is 0 Å². The first kappa shape index (κ1) is 19.4. The molecule has 0 aromatic heterocycles. The van der Waals surface area contributed by atoms with Crippen LogP contribution in [0.2, 0.25) is 5.02 Å². The van der Waals surface area contributed by atoms with Crippen LogP contribution in [0, 0.1) is 5.82 Å². The highest BCUT2D eigenvalue weighted by Crippen LogP contribution is 2.24. The van der Waals surface area contributed by atoms with Crippen LogP contribution in [-0.4, -0.2) is 43.1 Å². The Hall–Kier alpha value is -2.90. The van der Waals surface area contributed by atoms with Crippen molar-refractivity contribution in [2.24, 2.45) is 0 Å². The summed E-state index contributed by atoms with van der Waals surface area (Å²) in [7, 11) is 0. The van der Waals surface area contributed by atoms with E-state index in [1.807, 2.05) is 4.90 Å². The largest absolute Gasteiger partial charge is 0.378 e. The molecule has 2 aromatic rings. The SMILES string of the molecule is O=C1N/C(=C\c2ccc(N3CCOCC3)c(F)c2)C(=O)N1Cc1ccccc1Cl. The number of hydrogen-bond donors (Lipinski definition) is 1. The molecule has 2 aliphatic heterocycles. The summed E-state index contributed by atoms with van der Waals surface area (Å²) in [6.07, 6.45) is 1.47. The zero-order chi connectivity index (χ0) is 20.4. The van der Waals surface area contributed by atoms with Gasteiger partial charge < -0.3 is 15.0 Å². The van der Waals surface area contributed by atoms with Crippen LogP contribution in [0.1, 0.15) is 11.1 Å². The van der Waals surface area contributed by atoms with Crippen LogP contribution in [0.25, 0.3) is 6.08 Å². The summed E-state index contributed by atoms with van der Waals surface area (Å²) in [6.45, 7) is 2.44. The van der Waals surface area contributed by atoms with Gasteiger partial charge in [-0.05, 0) is 35.4 Å². The molecule has 0 atom stereocenters. The van der Waals surface area contributed by atoms with Gasteiger partial charge in [0, 0.05) is 18.1 Å². The van der Waals surface area contributed by atoms with Gasteiger partial charge >= 0.3 is 6.03 Å². The molecule has 0 unspecified atom stereocenters. The van der Waals surface area contributed by atoms with Gasteiger partial charge in [-0.3, -0.25) is 9.69 Å². The second-order valence-corrected chi connectivity index (χ2v) is 7.19. The van der Waals surface area contributed by atoms with E-state index in [9.17, 15) is 14.0 Å². The Morgan fingerprint density at radius 3 is 2.62 bits per heavy atom. The Morgan fingerprint density at radius 2 is 1.90 bits per heavy atom. The number of carbonyl (C=O) groups excluding carboxylic acids is 2. The lowest BCUT2D eigenvalue weighted by Crippen LogP contribution is -2.36. The van der Waals surface area contributed by atoms with Crippen molar-refractivity contribution in [3.8, 4) is 0 Å². The number of benzene rings is 2. The van der Waals surface area contributed by atoms with Crippen molar-refractivity contribution < 1.29 is 18.7 Å². The highest BCUT2D eigenvalue weighted by atomic mass is 35.5. The third-order valence-corrected chi connectivity index (χ3v) is 5.25. The summed E-state index contributed by atoms with van der Waals surface area (Å²) in [5.41, 5.74) is 1.75. The molecule has 0 bridgehead atoms. The van der Waals surface area contributed by atoms with Crippen molar-refractivity contribution in [1.29, 1.82) is 0 Å². The van der Waals surface area contributed by atoms with E-state index in [0.29, 0.717) is 48.1 Å². The Kier molecular flexibility index (Phi) is 5.51. The lowest BCUT2D eigenvalue weighted by molar-refractivity contribution is -0.123. The fourth-order valence-corrected chi connectivity index (χ4v) is 3.55. The minimum Gasteiger partial charge on any atom is -0.378 e. The maximum atomic E-state index is 14.6. The van der Waals surface area contributed by atoms with Gasteiger partial charge in [-0.1, -0.05) is 35.9 Å². The first-order valence-electron chi connectivity index (χ1n) is 9.23. The van der Waals surface area contributed by atoms with Gasteiger partial charge in [0.15, 0.2) is 0 Å². The van der Waals surface area contributed by atoms with E-state index in [1.165, 1.54) is 12.1 Å². The van der Waals surface area contributed by atoms with E-state index in [1.54, 1.807) is 36.4 Å². The topological polar surface area (TPSA) is 61.9 Å². The lowest BCUT2D eigenvalue weighted by Gasteiger charge is -2.29. The number of anilines is 1. The number of amides is 3. The van der Waals surface area contributed by atoms with Crippen LogP contribution >= 0.6 is 11.6 Å². The molecular weight excluding hydrogens is 397 g/mol. The van der Waals surface area contributed by atoms with Crippen molar-refractivity contribution in [3.63, 3.8) is 0 Å². The van der Waals surface area contributed by atoms with Crippen LogP contribution in [0.4, 0.5) is 14.9 Å². The van der Waals surface area contributed by atoms with Gasteiger partial charge in [0.05, 0.1) is 25.4 Å². The van der Waals surface area contributed by atoms with Crippen LogP contribution in [0.3, 0.4) is 0 Å². The molecule has 6 nitrogen and oxygen atoms in total. The van der Waals surface area contributed by atoms with E-state index >= 15 is 0 Å². The molecule has 4 rings (SSSR count). The molecule has 2 aromatic carbocycles. The Bertz CT molecular complexity index is 989. The smallest absolute Gasteiger partial charge is 0.329 e. The number of carbonyl (C=O) groups is 2. The Morgan fingerprint density at radius 1 is 1.14 bits per heavy atom. The molecule has 2 fully saturated rings. The molecule has 2 aliphatic rings. The zero-order valence-electron chi connectivity index (χ0n) is 15.5. The fraction of sp³-hybridized carbons (Fsp3) is 0.238. The van der Waals surface area contributed by atoms with Crippen molar-refractivity contribution >= 4 is 35.3 Å². The van der Waals surface area contributed by atoms with E-state index in [-0.39, 0.29) is 18.1 Å². The van der Waals surface area contributed by atoms with Crippen molar-refractivity contribution in [2.75, 3.05) is 31.2 Å². The summed E-state index contributed by atoms with van der Waals surface area (Å²) < 4.78 is 19.9. The van der Waals surface area contributed by atoms with E-state index in [0.717, 1.165) is 4.90 Å². The maximum Gasteiger partial charge on any atom is 0.329 e. The number of hydrogen-bond acceptors (Lipinski definition) is 4. The molecular formula is C21H19ClFN3O3. The number of nitrogens with one attached hydrogen (secondary N) is 1. The summed E-state index contributed by atoms with van der Waals surface area (Å²) in [5.74, 6) is -0.862. The minimum absolute atomic E-state index is 0.0615. The van der Waals surface area contributed by atoms with Gasteiger partial charge in [0.25, 0.3) is 5.91 Å². The molecule has 0 aliphatic carbocycles. The lowest BCUT2D eigenvalue weighted by atomic mass is 10.1. The average molecular weight is 416 g/mol. The molecule has 29 heavy (non-hydrogen) atoms. The molecule has 2 saturated heterocycles. The van der Waals surface area contributed by atoms with Crippen LogP contribution < -0.4 is 10.2 Å². The molecule has 2 heterocycles. The van der Waals surface area contributed by atoms with E-state index in [4.69, 9.17) is 16.3 Å². The summed E-state index contributed by atoms with van der Waals surface area (Å²) in [4.78, 5) is 27.9. The molecule has 8 heteroatoms. The number of urea groups is 1. The molecule has 0 spiro atoms. The summed E-state index contributed by atoms with van der Waals surface area (Å²) in [6, 6.07) is 11.2. The fourth-order valence-electron chi connectivity index (χ4n) is 3.35. The normalized spacial score (nSPS) is 18.5. The molecule has 0 saturated carbocycles. The van der Waals surface area contributed by atoms with Gasteiger partial charge in [-0.15, -0.1) is 0 Å². The first-order valence-corrected chi connectivity index (χ1v) is 9.61. The predicted octanol–water partition coefficient (Wildman–Crippen LogP) is 3.41. The number of rotatable bonds is 4. The highest BCUT2D eigenvalue weighted by molar-refractivity contribution is 6.31. The Labute approximate surface area is 172 Å². The molecule has 3 amide bonds. The number of halogens is 2. The maximum absolute atomic E-state index is 14.6. The van der Waals surface area contributed by atoms with Crippen molar-refractivity contribution in [3.05, 3.63) is 70.1 Å². The molecule has 1 N–H and O–H groups in total. The zero-order valence-corrected chi connectivity index (χ0v) is 16.3. The summed E-state index contributed by atoms with van der Waals surface area (Å²) in [5, 5.41) is 3.02. The standard InChI is InChI=1S/C21H19ClFN3O3/c22-16-4-2-1-3-15(16)13-26-20(27)18(24-21(26)28)12-14-5-6-19(17(23)11-14)25-7-9-29-10-8-25/h1-6,11-12H,7-10,13H2,(H,24,28)/b18-12-. The van der Waals surface area contributed by atoms with Crippen molar-refractivity contribution in [2.45, 2.75) is 6.54 Å². The van der Waals surface area contributed by atoms with Gasteiger partial charge in [0.1, 0.15) is 11.5 Å². The number of nitrogens with zero attached hydrogens (tertiary/aromatic N) is 2. The monoisotopic (exact) mass is 415 g/mol. The minimum atomic E-state index is -0.536. The number of ether oxygens (including phenoxy) is 1. The molecule has 0 radical (unpaired) electrons. The number of imide groups is 1. The summed E-state index contributed by atoms with van der Waals surface area (Å²) >= 11 is 6.12. The van der Waals surface area contributed by atoms with E-state index < -0.39 is 11.9 Å². The second-order valence-electron chi connectivity index (χ2n) is 6.78. The Balaban J connectivity index is 1.52.